The quantitative estimate of drug-likeness (QED) is 0.621. The van der Waals surface area contributed by atoms with Crippen molar-refractivity contribution in [3.05, 3.63) is 75.1 Å². The van der Waals surface area contributed by atoms with Crippen LogP contribution < -0.4 is 10.4 Å². The van der Waals surface area contributed by atoms with Crippen molar-refractivity contribution in [3.63, 3.8) is 0 Å². The minimum absolute atomic E-state index is 0.0879. The van der Waals surface area contributed by atoms with E-state index in [1.807, 2.05) is 37.3 Å². The number of piperidine rings is 1. The molecule has 30 heavy (non-hydrogen) atoms. The first-order valence-corrected chi connectivity index (χ1v) is 10.6. The van der Waals surface area contributed by atoms with E-state index in [0.717, 1.165) is 54.7 Å². The van der Waals surface area contributed by atoms with Crippen molar-refractivity contribution < 1.29 is 14.3 Å². The molecule has 4 rings (SSSR count). The molecule has 0 amide bonds. The molecule has 5 nitrogen and oxygen atoms in total. The Bertz CT molecular complexity index is 1080. The molecule has 1 saturated heterocycles. The summed E-state index contributed by atoms with van der Waals surface area (Å²) in [6, 6.07) is 13.9. The molecule has 5 heteroatoms. The van der Waals surface area contributed by atoms with Crippen molar-refractivity contribution in [3.8, 4) is 5.75 Å². The lowest BCUT2D eigenvalue weighted by Gasteiger charge is -2.32. The highest BCUT2D eigenvalue weighted by molar-refractivity contribution is 5.82. The Morgan fingerprint density at radius 1 is 1.07 bits per heavy atom. The van der Waals surface area contributed by atoms with Crippen molar-refractivity contribution in [1.82, 2.24) is 4.90 Å². The summed E-state index contributed by atoms with van der Waals surface area (Å²) in [7, 11) is 0. The van der Waals surface area contributed by atoms with Gasteiger partial charge in [0.05, 0.1) is 13.2 Å². The van der Waals surface area contributed by atoms with Gasteiger partial charge in [-0.2, -0.15) is 0 Å². The van der Waals surface area contributed by atoms with Gasteiger partial charge < -0.3 is 14.3 Å². The Morgan fingerprint density at radius 2 is 1.83 bits per heavy atom. The second-order valence-corrected chi connectivity index (χ2v) is 8.31. The van der Waals surface area contributed by atoms with Crippen LogP contribution in [0.15, 0.2) is 51.7 Å². The molecule has 1 aliphatic heterocycles. The molecule has 0 radical (unpaired) electrons. The Labute approximate surface area is 176 Å². The molecule has 1 aliphatic rings. The zero-order valence-electron chi connectivity index (χ0n) is 17.7. The van der Waals surface area contributed by atoms with E-state index >= 15 is 0 Å². The van der Waals surface area contributed by atoms with Gasteiger partial charge in [-0.1, -0.05) is 24.3 Å². The number of ether oxygens (including phenoxy) is 1. The molecule has 1 fully saturated rings. The van der Waals surface area contributed by atoms with Crippen molar-refractivity contribution in [1.29, 1.82) is 0 Å². The Morgan fingerprint density at radius 3 is 2.60 bits per heavy atom. The number of rotatable bonds is 6. The minimum Gasteiger partial charge on any atom is -0.493 e. The number of hydrogen-bond donors (Lipinski definition) is 1. The van der Waals surface area contributed by atoms with E-state index in [1.165, 1.54) is 5.56 Å². The number of nitrogens with zero attached hydrogens (tertiary/aromatic N) is 1. The Balaban J connectivity index is 1.31. The van der Waals surface area contributed by atoms with Crippen molar-refractivity contribution in [2.75, 3.05) is 19.7 Å². The Kier molecular flexibility index (Phi) is 6.21. The third kappa shape index (κ3) is 4.58. The van der Waals surface area contributed by atoms with Crippen LogP contribution in [0.1, 0.15) is 35.1 Å². The molecule has 1 N–H and O–H groups in total. The molecule has 158 valence electrons. The maximum absolute atomic E-state index is 11.9. The van der Waals surface area contributed by atoms with E-state index < -0.39 is 0 Å². The third-order valence-corrected chi connectivity index (χ3v) is 6.20. The molecule has 0 bridgehead atoms. The zero-order valence-corrected chi connectivity index (χ0v) is 17.7. The fourth-order valence-electron chi connectivity index (χ4n) is 4.13. The molecule has 0 spiro atoms. The normalized spacial score (nSPS) is 15.6. The van der Waals surface area contributed by atoms with Gasteiger partial charge in [0.15, 0.2) is 0 Å². The van der Waals surface area contributed by atoms with Crippen molar-refractivity contribution >= 4 is 11.0 Å². The predicted molar refractivity (Wildman–Crippen MR) is 118 cm³/mol. The van der Waals surface area contributed by atoms with Crippen LogP contribution in [-0.2, 0) is 13.2 Å². The van der Waals surface area contributed by atoms with E-state index in [9.17, 15) is 9.90 Å². The van der Waals surface area contributed by atoms with Crippen molar-refractivity contribution in [2.24, 2.45) is 5.92 Å². The molecule has 1 aromatic heterocycles. The molecular weight excluding hydrogens is 378 g/mol. The average Bonchev–Trinajstić information content (AvgIpc) is 2.77. The summed E-state index contributed by atoms with van der Waals surface area (Å²) in [6.07, 6.45) is 2.20. The van der Waals surface area contributed by atoms with Gasteiger partial charge in [-0.05, 0) is 74.5 Å². The SMILES string of the molecule is Cc1c(C)c2ccc(OCC3CCN(Cc4cccc(CO)c4)CC3)cc2oc1=O. The highest BCUT2D eigenvalue weighted by Crippen LogP contribution is 2.26. The van der Waals surface area contributed by atoms with Gasteiger partial charge in [0.25, 0.3) is 0 Å². The first-order chi connectivity index (χ1) is 14.5. The maximum atomic E-state index is 11.9. The summed E-state index contributed by atoms with van der Waals surface area (Å²) in [5.74, 6) is 1.27. The van der Waals surface area contributed by atoms with E-state index in [4.69, 9.17) is 9.15 Å². The number of hydrogen-bond acceptors (Lipinski definition) is 5. The summed E-state index contributed by atoms with van der Waals surface area (Å²) in [6.45, 7) is 7.51. The second-order valence-electron chi connectivity index (χ2n) is 8.31. The van der Waals surface area contributed by atoms with Gasteiger partial charge in [0, 0.05) is 23.6 Å². The van der Waals surface area contributed by atoms with Crippen LogP contribution in [0.3, 0.4) is 0 Å². The minimum atomic E-state index is -0.283. The molecule has 0 aliphatic carbocycles. The van der Waals surface area contributed by atoms with Gasteiger partial charge in [0.2, 0.25) is 0 Å². The molecule has 0 atom stereocenters. The fourth-order valence-corrected chi connectivity index (χ4v) is 4.13. The van der Waals surface area contributed by atoms with E-state index in [-0.39, 0.29) is 12.2 Å². The number of aryl methyl sites for hydroxylation is 1. The largest absolute Gasteiger partial charge is 0.493 e. The van der Waals surface area contributed by atoms with Crippen LogP contribution in [0.25, 0.3) is 11.0 Å². The first kappa shape index (κ1) is 20.6. The molecule has 0 saturated carbocycles. The van der Waals surface area contributed by atoms with Crippen LogP contribution >= 0.6 is 0 Å². The zero-order chi connectivity index (χ0) is 21.1. The Hall–Kier alpha value is -2.63. The average molecular weight is 408 g/mol. The third-order valence-electron chi connectivity index (χ3n) is 6.20. The summed E-state index contributed by atoms with van der Waals surface area (Å²) in [5, 5.41) is 10.3. The first-order valence-electron chi connectivity index (χ1n) is 10.6. The van der Waals surface area contributed by atoms with Gasteiger partial charge in [-0.25, -0.2) is 4.79 Å². The number of aliphatic hydroxyl groups excluding tert-OH is 1. The van der Waals surface area contributed by atoms with Gasteiger partial charge in [-0.3, -0.25) is 4.90 Å². The van der Waals surface area contributed by atoms with E-state index in [2.05, 4.69) is 17.0 Å². The summed E-state index contributed by atoms with van der Waals surface area (Å²) in [5.41, 5.74) is 4.14. The molecule has 0 unspecified atom stereocenters. The van der Waals surface area contributed by atoms with Crippen LogP contribution in [-0.4, -0.2) is 29.7 Å². The highest BCUT2D eigenvalue weighted by Gasteiger charge is 2.20. The predicted octanol–water partition coefficient (Wildman–Crippen LogP) is 4.19. The number of fused-ring (bicyclic) bond motifs is 1. The fraction of sp³-hybridized carbons (Fsp3) is 0.400. The molecule has 2 heterocycles. The van der Waals surface area contributed by atoms with Gasteiger partial charge >= 0.3 is 5.63 Å². The summed E-state index contributed by atoms with van der Waals surface area (Å²) < 4.78 is 11.5. The second kappa shape index (κ2) is 9.02. The maximum Gasteiger partial charge on any atom is 0.339 e. The monoisotopic (exact) mass is 407 g/mol. The highest BCUT2D eigenvalue weighted by atomic mass is 16.5. The summed E-state index contributed by atoms with van der Waals surface area (Å²) >= 11 is 0. The number of likely N-dealkylation sites (tertiary alicyclic amines) is 1. The van der Waals surface area contributed by atoms with Crippen LogP contribution in [0, 0.1) is 19.8 Å². The van der Waals surface area contributed by atoms with Gasteiger partial charge in [-0.15, -0.1) is 0 Å². The van der Waals surface area contributed by atoms with Crippen molar-refractivity contribution in [2.45, 2.75) is 39.8 Å². The smallest absolute Gasteiger partial charge is 0.339 e. The van der Waals surface area contributed by atoms with E-state index in [1.54, 1.807) is 6.92 Å². The molecule has 3 aromatic rings. The molecule has 2 aromatic carbocycles. The van der Waals surface area contributed by atoms with E-state index in [0.29, 0.717) is 23.7 Å². The van der Waals surface area contributed by atoms with Crippen LogP contribution in [0.2, 0.25) is 0 Å². The number of aliphatic hydroxyl groups is 1. The summed E-state index contributed by atoms with van der Waals surface area (Å²) in [4.78, 5) is 14.4. The number of benzene rings is 2. The topological polar surface area (TPSA) is 62.9 Å². The standard InChI is InChI=1S/C25H29NO4/c1-17-18(2)25(28)30-24-13-22(6-7-23(17)24)29-16-19-8-10-26(11-9-19)14-20-4-3-5-21(12-20)15-27/h3-7,12-13,19,27H,8-11,14-16H2,1-2H3. The van der Waals surface area contributed by atoms with Gasteiger partial charge in [0.1, 0.15) is 11.3 Å². The lowest BCUT2D eigenvalue weighted by molar-refractivity contribution is 0.136. The van der Waals surface area contributed by atoms with Crippen LogP contribution in [0.4, 0.5) is 0 Å². The molecular formula is C25H29NO4. The van der Waals surface area contributed by atoms with Crippen LogP contribution in [0.5, 0.6) is 5.75 Å². The lowest BCUT2D eigenvalue weighted by Crippen LogP contribution is -2.35. The lowest BCUT2D eigenvalue weighted by atomic mass is 9.97.